The number of rotatable bonds is 10. The Balaban J connectivity index is 1.30. The zero-order valence-electron chi connectivity index (χ0n) is 23.8. The number of ether oxygens (including phenoxy) is 1. The van der Waals surface area contributed by atoms with E-state index in [-0.39, 0.29) is 18.1 Å². The second kappa shape index (κ2) is 12.2. The average molecular weight is 570 g/mol. The highest BCUT2D eigenvalue weighted by Gasteiger charge is 2.19. The Bertz CT molecular complexity index is 1740. The van der Waals surface area contributed by atoms with Crippen molar-refractivity contribution in [1.29, 1.82) is 0 Å². The van der Waals surface area contributed by atoms with Gasteiger partial charge in [0.05, 0.1) is 36.8 Å². The van der Waals surface area contributed by atoms with Crippen LogP contribution in [0.25, 0.3) is 28.2 Å². The van der Waals surface area contributed by atoms with E-state index in [2.05, 4.69) is 61.5 Å². The maximum atomic E-state index is 12.4. The number of aliphatic hydroxyl groups excluding tert-OH is 1. The number of aromatic nitrogens is 7. The minimum Gasteiger partial charge on any atom is -0.396 e. The van der Waals surface area contributed by atoms with Gasteiger partial charge in [-0.15, -0.1) is 0 Å². The summed E-state index contributed by atoms with van der Waals surface area (Å²) in [5.41, 5.74) is 4.21. The average Bonchev–Trinajstić information content (AvgIpc) is 3.56. The predicted molar refractivity (Wildman–Crippen MR) is 160 cm³/mol. The van der Waals surface area contributed by atoms with Crippen LogP contribution in [-0.2, 0) is 18.2 Å². The summed E-state index contributed by atoms with van der Waals surface area (Å²) in [7, 11) is 1.64. The Hall–Kier alpha value is -4.39. The second-order valence-electron chi connectivity index (χ2n) is 10.6. The molecule has 1 aliphatic heterocycles. The SMILES string of the molecule is CC(CCO)c1nc(-c2cccc(CCN3CCOCC3)c2)c2cnc(Nc3ccnc(-c4c[nH]n(C)c4=O)n3)cn12. The van der Waals surface area contributed by atoms with E-state index in [9.17, 15) is 9.90 Å². The van der Waals surface area contributed by atoms with E-state index in [1.54, 1.807) is 25.5 Å². The number of aryl methyl sites for hydroxylation is 1. The first-order valence-electron chi connectivity index (χ1n) is 14.2. The molecule has 1 fully saturated rings. The van der Waals surface area contributed by atoms with Gasteiger partial charge in [-0.1, -0.05) is 25.1 Å². The molecular weight excluding hydrogens is 534 g/mol. The zero-order valence-corrected chi connectivity index (χ0v) is 23.8. The molecule has 1 aliphatic rings. The van der Waals surface area contributed by atoms with E-state index in [0.29, 0.717) is 29.4 Å². The Morgan fingerprint density at radius 2 is 2.00 bits per heavy atom. The maximum Gasteiger partial charge on any atom is 0.277 e. The van der Waals surface area contributed by atoms with Crippen LogP contribution in [0.4, 0.5) is 11.6 Å². The van der Waals surface area contributed by atoms with Gasteiger partial charge in [0.25, 0.3) is 5.56 Å². The van der Waals surface area contributed by atoms with E-state index in [1.165, 1.54) is 10.2 Å². The van der Waals surface area contributed by atoms with Gasteiger partial charge in [-0.3, -0.25) is 18.8 Å². The fraction of sp³-hybridized carbons (Fsp3) is 0.367. The van der Waals surface area contributed by atoms with E-state index >= 15 is 0 Å². The summed E-state index contributed by atoms with van der Waals surface area (Å²) >= 11 is 0. The molecule has 0 amide bonds. The molecular formula is C30H35N9O3. The van der Waals surface area contributed by atoms with Gasteiger partial charge in [-0.2, -0.15) is 0 Å². The third-order valence-corrected chi connectivity index (χ3v) is 7.67. The molecule has 0 spiro atoms. The molecule has 0 aliphatic carbocycles. The summed E-state index contributed by atoms with van der Waals surface area (Å²) < 4.78 is 8.89. The van der Waals surface area contributed by atoms with Gasteiger partial charge in [0, 0.05) is 57.2 Å². The number of nitrogens with zero attached hydrogens (tertiary/aromatic N) is 7. The first-order chi connectivity index (χ1) is 20.5. The Kier molecular flexibility index (Phi) is 8.08. The first kappa shape index (κ1) is 27.8. The molecule has 3 N–H and O–H groups in total. The number of imidazole rings is 1. The number of nitrogens with one attached hydrogen (secondary N) is 2. The number of morpholine rings is 1. The van der Waals surface area contributed by atoms with E-state index in [0.717, 1.165) is 61.9 Å². The smallest absolute Gasteiger partial charge is 0.277 e. The number of fused-ring (bicyclic) bond motifs is 1. The summed E-state index contributed by atoms with van der Waals surface area (Å²) in [6.07, 6.45) is 8.44. The van der Waals surface area contributed by atoms with Crippen molar-refractivity contribution in [2.24, 2.45) is 7.05 Å². The number of hydrogen-bond donors (Lipinski definition) is 3. The van der Waals surface area contributed by atoms with E-state index < -0.39 is 0 Å². The largest absolute Gasteiger partial charge is 0.396 e. The van der Waals surface area contributed by atoms with E-state index in [4.69, 9.17) is 9.72 Å². The highest BCUT2D eigenvalue weighted by molar-refractivity contribution is 5.78. The van der Waals surface area contributed by atoms with Crippen molar-refractivity contribution in [3.63, 3.8) is 0 Å². The number of aromatic amines is 1. The van der Waals surface area contributed by atoms with Crippen LogP contribution in [0.2, 0.25) is 0 Å². The van der Waals surface area contributed by atoms with Crippen molar-refractivity contribution in [3.8, 4) is 22.6 Å². The molecule has 0 saturated carbocycles. The van der Waals surface area contributed by atoms with Crippen molar-refractivity contribution in [2.45, 2.75) is 25.7 Å². The molecule has 218 valence electrons. The standard InChI is InChI=1S/C30H35N9O3/c1-20(8-13-40)29-36-27(22-5-3-4-21(16-22)7-10-38-11-14-42-15-12-38)24-18-32-26(19-39(24)29)34-25-6-9-31-28(35-25)23-17-33-37(2)30(23)41/h3-6,9,16-20,33,40H,7-8,10-15H2,1-2H3,(H,31,34,35). The minimum absolute atomic E-state index is 0.0199. The van der Waals surface area contributed by atoms with Gasteiger partial charge in [-0.25, -0.2) is 19.9 Å². The summed E-state index contributed by atoms with van der Waals surface area (Å²) in [5.74, 6) is 2.26. The molecule has 0 radical (unpaired) electrons. The van der Waals surface area contributed by atoms with Crippen LogP contribution in [0.15, 0.2) is 59.9 Å². The highest BCUT2D eigenvalue weighted by atomic mass is 16.5. The monoisotopic (exact) mass is 569 g/mol. The fourth-order valence-electron chi connectivity index (χ4n) is 5.25. The van der Waals surface area contributed by atoms with Crippen LogP contribution >= 0.6 is 0 Å². The second-order valence-corrected chi connectivity index (χ2v) is 10.6. The number of H-pyrrole nitrogens is 1. The summed E-state index contributed by atoms with van der Waals surface area (Å²) in [6, 6.07) is 10.3. The quantitative estimate of drug-likeness (QED) is 0.232. The van der Waals surface area contributed by atoms with Gasteiger partial charge in [0.2, 0.25) is 0 Å². The van der Waals surface area contributed by atoms with Crippen molar-refractivity contribution in [2.75, 3.05) is 44.8 Å². The Labute approximate surface area is 243 Å². The molecule has 0 bridgehead atoms. The van der Waals surface area contributed by atoms with Crippen molar-refractivity contribution in [1.82, 2.24) is 39.0 Å². The van der Waals surface area contributed by atoms with Crippen LogP contribution in [0.1, 0.15) is 30.7 Å². The summed E-state index contributed by atoms with van der Waals surface area (Å²) in [6.45, 7) is 6.67. The van der Waals surface area contributed by atoms with Gasteiger partial charge < -0.3 is 20.3 Å². The molecule has 1 unspecified atom stereocenters. The molecule has 1 saturated heterocycles. The van der Waals surface area contributed by atoms with Gasteiger partial charge in [0.15, 0.2) is 5.82 Å². The van der Waals surface area contributed by atoms with Crippen molar-refractivity contribution >= 4 is 17.2 Å². The molecule has 4 aromatic heterocycles. The lowest BCUT2D eigenvalue weighted by Crippen LogP contribution is -2.37. The molecule has 5 aromatic rings. The van der Waals surface area contributed by atoms with Crippen LogP contribution in [0.5, 0.6) is 0 Å². The van der Waals surface area contributed by atoms with Gasteiger partial charge in [-0.05, 0) is 30.5 Å². The predicted octanol–water partition coefficient (Wildman–Crippen LogP) is 2.98. The van der Waals surface area contributed by atoms with Crippen molar-refractivity contribution in [3.05, 3.63) is 76.9 Å². The molecule has 12 heteroatoms. The summed E-state index contributed by atoms with van der Waals surface area (Å²) in [5, 5.41) is 15.8. The lowest BCUT2D eigenvalue weighted by molar-refractivity contribution is 0.0384. The van der Waals surface area contributed by atoms with Crippen LogP contribution < -0.4 is 10.9 Å². The Morgan fingerprint density at radius 3 is 2.79 bits per heavy atom. The van der Waals surface area contributed by atoms with Gasteiger partial charge in [0.1, 0.15) is 23.0 Å². The Morgan fingerprint density at radius 1 is 1.14 bits per heavy atom. The van der Waals surface area contributed by atoms with Crippen LogP contribution in [0.3, 0.4) is 0 Å². The fourth-order valence-corrected chi connectivity index (χ4v) is 5.25. The third-order valence-electron chi connectivity index (χ3n) is 7.67. The van der Waals surface area contributed by atoms with Crippen molar-refractivity contribution < 1.29 is 9.84 Å². The number of anilines is 2. The highest BCUT2D eigenvalue weighted by Crippen LogP contribution is 2.30. The molecule has 6 rings (SSSR count). The van der Waals surface area contributed by atoms with E-state index in [1.807, 2.05) is 16.8 Å². The maximum absolute atomic E-state index is 12.4. The van der Waals surface area contributed by atoms with Crippen LogP contribution in [0, 0.1) is 0 Å². The molecule has 42 heavy (non-hydrogen) atoms. The zero-order chi connectivity index (χ0) is 29.1. The number of aliphatic hydroxyl groups is 1. The molecule has 1 atom stereocenters. The normalized spacial score (nSPS) is 14.8. The first-order valence-corrected chi connectivity index (χ1v) is 14.2. The number of benzene rings is 1. The van der Waals surface area contributed by atoms with Gasteiger partial charge >= 0.3 is 0 Å². The number of hydrogen-bond acceptors (Lipinski definition) is 9. The third kappa shape index (κ3) is 5.82. The molecule has 1 aromatic carbocycles. The molecule has 5 heterocycles. The lowest BCUT2D eigenvalue weighted by atomic mass is 10.0. The minimum atomic E-state index is -0.203. The summed E-state index contributed by atoms with van der Waals surface area (Å²) in [4.78, 5) is 33.4. The topological polar surface area (TPSA) is 138 Å². The van der Waals surface area contributed by atoms with Crippen LogP contribution in [-0.4, -0.2) is 83.6 Å². The lowest BCUT2D eigenvalue weighted by Gasteiger charge is -2.26. The molecule has 12 nitrogen and oxygen atoms in total.